The van der Waals surface area contributed by atoms with Crippen molar-refractivity contribution in [1.29, 1.82) is 0 Å². The first-order valence-electron chi connectivity index (χ1n) is 6.51. The second kappa shape index (κ2) is 3.23. The van der Waals surface area contributed by atoms with Crippen molar-refractivity contribution in [2.45, 2.75) is 58.0 Å². The fourth-order valence-corrected chi connectivity index (χ4v) is 3.68. The molecule has 0 aromatic heterocycles. The van der Waals surface area contributed by atoms with Gasteiger partial charge in [0.05, 0.1) is 0 Å². The second-order valence-electron chi connectivity index (χ2n) is 6.12. The van der Waals surface area contributed by atoms with Gasteiger partial charge in [0.15, 0.2) is 0 Å². The van der Waals surface area contributed by atoms with Crippen molar-refractivity contribution in [1.82, 2.24) is 5.32 Å². The van der Waals surface area contributed by atoms with Crippen molar-refractivity contribution in [2.24, 2.45) is 23.7 Å². The zero-order chi connectivity index (χ0) is 9.71. The Morgan fingerprint density at radius 1 is 1.07 bits per heavy atom. The Morgan fingerprint density at radius 2 is 1.71 bits per heavy atom. The molecule has 3 aliphatic carbocycles. The van der Waals surface area contributed by atoms with Gasteiger partial charge < -0.3 is 5.32 Å². The number of rotatable bonds is 3. The topological polar surface area (TPSA) is 12.0 Å². The van der Waals surface area contributed by atoms with Crippen molar-refractivity contribution in [2.75, 3.05) is 0 Å². The lowest BCUT2D eigenvalue weighted by Crippen LogP contribution is -2.45. The Balaban J connectivity index is 1.40. The van der Waals surface area contributed by atoms with Gasteiger partial charge in [-0.1, -0.05) is 20.3 Å². The smallest absolute Gasteiger partial charge is 0.0133 e. The molecule has 1 heteroatoms. The summed E-state index contributed by atoms with van der Waals surface area (Å²) in [6.45, 7) is 4.74. The van der Waals surface area contributed by atoms with Crippen molar-refractivity contribution in [3.63, 3.8) is 0 Å². The summed E-state index contributed by atoms with van der Waals surface area (Å²) in [6.07, 6.45) is 7.44. The molecule has 0 amide bonds. The van der Waals surface area contributed by atoms with Crippen molar-refractivity contribution in [3.8, 4) is 0 Å². The monoisotopic (exact) mass is 193 g/mol. The van der Waals surface area contributed by atoms with Gasteiger partial charge in [-0.3, -0.25) is 0 Å². The summed E-state index contributed by atoms with van der Waals surface area (Å²) in [5.74, 6) is 4.11. The highest BCUT2D eigenvalue weighted by atomic mass is 15.0. The molecule has 80 valence electrons. The Labute approximate surface area is 87.7 Å². The highest BCUT2D eigenvalue weighted by Crippen LogP contribution is 2.52. The van der Waals surface area contributed by atoms with Gasteiger partial charge >= 0.3 is 0 Å². The lowest BCUT2D eigenvalue weighted by atomic mass is 9.73. The first-order valence-corrected chi connectivity index (χ1v) is 6.51. The molecule has 1 nitrogen and oxygen atoms in total. The minimum atomic E-state index is 0.887. The summed E-state index contributed by atoms with van der Waals surface area (Å²) < 4.78 is 0. The van der Waals surface area contributed by atoms with Gasteiger partial charge in [0.25, 0.3) is 0 Å². The third-order valence-corrected chi connectivity index (χ3v) is 4.95. The predicted octanol–water partition coefficient (Wildman–Crippen LogP) is 2.81. The SMILES string of the molecule is CC(C)C1CC(NC2C3CCCC32)C1. The van der Waals surface area contributed by atoms with Crippen molar-refractivity contribution >= 4 is 0 Å². The summed E-state index contributed by atoms with van der Waals surface area (Å²) in [5, 5.41) is 3.88. The van der Waals surface area contributed by atoms with Crippen molar-refractivity contribution < 1.29 is 0 Å². The number of hydrogen-bond acceptors (Lipinski definition) is 1. The fraction of sp³-hybridized carbons (Fsp3) is 1.00. The Hall–Kier alpha value is -0.0400. The Kier molecular flexibility index (Phi) is 2.12. The Morgan fingerprint density at radius 3 is 2.29 bits per heavy atom. The summed E-state index contributed by atoms with van der Waals surface area (Å²) in [4.78, 5) is 0. The minimum absolute atomic E-state index is 0.887. The normalized spacial score (nSPS) is 50.4. The molecule has 0 radical (unpaired) electrons. The molecular formula is C13H23N. The predicted molar refractivity (Wildman–Crippen MR) is 59.1 cm³/mol. The fourth-order valence-electron chi connectivity index (χ4n) is 3.68. The van der Waals surface area contributed by atoms with Crippen LogP contribution in [-0.4, -0.2) is 12.1 Å². The van der Waals surface area contributed by atoms with E-state index in [-0.39, 0.29) is 0 Å². The number of fused-ring (bicyclic) bond motifs is 1. The molecule has 3 aliphatic rings. The lowest BCUT2D eigenvalue weighted by Gasteiger charge is -2.39. The molecule has 0 saturated heterocycles. The van der Waals surface area contributed by atoms with Crippen LogP contribution in [0.1, 0.15) is 46.0 Å². The molecule has 0 heterocycles. The summed E-state index contributed by atoms with van der Waals surface area (Å²) in [7, 11) is 0. The van der Waals surface area contributed by atoms with Gasteiger partial charge in [-0.25, -0.2) is 0 Å². The largest absolute Gasteiger partial charge is 0.311 e. The van der Waals surface area contributed by atoms with Crippen LogP contribution in [-0.2, 0) is 0 Å². The van der Waals surface area contributed by atoms with Gasteiger partial charge in [-0.2, -0.15) is 0 Å². The van der Waals surface area contributed by atoms with Crippen molar-refractivity contribution in [3.05, 3.63) is 0 Å². The van der Waals surface area contributed by atoms with Gasteiger partial charge in [0, 0.05) is 12.1 Å². The first-order chi connectivity index (χ1) is 6.75. The van der Waals surface area contributed by atoms with E-state index < -0.39 is 0 Å². The van der Waals surface area contributed by atoms with E-state index in [1.54, 1.807) is 0 Å². The third kappa shape index (κ3) is 1.41. The van der Waals surface area contributed by atoms with E-state index in [9.17, 15) is 0 Å². The van der Waals surface area contributed by atoms with Gasteiger partial charge in [-0.15, -0.1) is 0 Å². The highest BCUT2D eigenvalue weighted by Gasteiger charge is 2.53. The summed E-state index contributed by atoms with van der Waals surface area (Å²) in [5.41, 5.74) is 0. The molecule has 0 bridgehead atoms. The summed E-state index contributed by atoms with van der Waals surface area (Å²) >= 11 is 0. The number of hydrogen-bond donors (Lipinski definition) is 1. The lowest BCUT2D eigenvalue weighted by molar-refractivity contribution is 0.163. The number of nitrogens with one attached hydrogen (secondary N) is 1. The van der Waals surface area contributed by atoms with E-state index >= 15 is 0 Å². The maximum Gasteiger partial charge on any atom is 0.0133 e. The molecule has 0 spiro atoms. The zero-order valence-corrected chi connectivity index (χ0v) is 9.50. The van der Waals surface area contributed by atoms with Crippen LogP contribution in [0.4, 0.5) is 0 Å². The van der Waals surface area contributed by atoms with E-state index in [0.29, 0.717) is 0 Å². The van der Waals surface area contributed by atoms with E-state index in [4.69, 9.17) is 0 Å². The molecule has 14 heavy (non-hydrogen) atoms. The van der Waals surface area contributed by atoms with E-state index in [1.807, 2.05) is 0 Å². The quantitative estimate of drug-likeness (QED) is 0.727. The maximum absolute atomic E-state index is 3.88. The molecule has 3 rings (SSSR count). The molecule has 0 aliphatic heterocycles. The van der Waals surface area contributed by atoms with Crippen LogP contribution >= 0.6 is 0 Å². The molecule has 0 aromatic carbocycles. The molecule has 2 unspecified atom stereocenters. The average molecular weight is 193 g/mol. The molecule has 0 aromatic rings. The third-order valence-electron chi connectivity index (χ3n) is 4.95. The zero-order valence-electron chi connectivity index (χ0n) is 9.50. The minimum Gasteiger partial charge on any atom is -0.311 e. The van der Waals surface area contributed by atoms with Crippen LogP contribution in [0.5, 0.6) is 0 Å². The molecule has 3 saturated carbocycles. The van der Waals surface area contributed by atoms with Crippen LogP contribution in [0, 0.1) is 23.7 Å². The molecule has 3 fully saturated rings. The van der Waals surface area contributed by atoms with Crippen LogP contribution in [0.25, 0.3) is 0 Å². The van der Waals surface area contributed by atoms with E-state index in [2.05, 4.69) is 19.2 Å². The summed E-state index contributed by atoms with van der Waals surface area (Å²) in [6, 6.07) is 1.83. The maximum atomic E-state index is 3.88. The van der Waals surface area contributed by atoms with Crippen LogP contribution < -0.4 is 5.32 Å². The van der Waals surface area contributed by atoms with E-state index in [1.165, 1.54) is 32.1 Å². The average Bonchev–Trinajstić information content (AvgIpc) is 2.55. The van der Waals surface area contributed by atoms with Gasteiger partial charge in [0.2, 0.25) is 0 Å². The first kappa shape index (κ1) is 9.21. The van der Waals surface area contributed by atoms with Crippen LogP contribution in [0.15, 0.2) is 0 Å². The highest BCUT2D eigenvalue weighted by molar-refractivity contribution is 5.08. The molecular weight excluding hydrogens is 170 g/mol. The molecule has 1 N–H and O–H groups in total. The second-order valence-corrected chi connectivity index (χ2v) is 6.12. The standard InChI is InChI=1S/C13H23N/c1-8(2)9-6-10(7-9)14-13-11-4-3-5-12(11)13/h8-14H,3-7H2,1-2H3. The van der Waals surface area contributed by atoms with Crippen LogP contribution in [0.2, 0.25) is 0 Å². The van der Waals surface area contributed by atoms with Crippen LogP contribution in [0.3, 0.4) is 0 Å². The van der Waals surface area contributed by atoms with E-state index in [0.717, 1.165) is 35.8 Å². The molecule has 2 atom stereocenters. The van der Waals surface area contributed by atoms with Gasteiger partial charge in [0.1, 0.15) is 0 Å². The van der Waals surface area contributed by atoms with Gasteiger partial charge in [-0.05, 0) is 49.4 Å². The Bertz CT molecular complexity index is 207.